The standard InChI is InChI=1S/C15H32N2O/c1-4-6-7-9-16-12-14(3)17-10-8-11-18-15(5-2)13-17/h14-16H,4-13H2,1-3H3. The van der Waals surface area contributed by atoms with E-state index in [2.05, 4.69) is 31.0 Å². The fourth-order valence-corrected chi connectivity index (χ4v) is 2.51. The van der Waals surface area contributed by atoms with Crippen molar-refractivity contribution in [2.24, 2.45) is 0 Å². The van der Waals surface area contributed by atoms with Crippen LogP contribution in [0.3, 0.4) is 0 Å². The summed E-state index contributed by atoms with van der Waals surface area (Å²) in [5.41, 5.74) is 0. The average molecular weight is 256 g/mol. The van der Waals surface area contributed by atoms with Gasteiger partial charge in [0.25, 0.3) is 0 Å². The maximum absolute atomic E-state index is 5.83. The van der Waals surface area contributed by atoms with E-state index in [4.69, 9.17) is 4.74 Å². The molecule has 1 N–H and O–H groups in total. The van der Waals surface area contributed by atoms with E-state index in [1.165, 1.54) is 38.8 Å². The first-order valence-corrected chi connectivity index (χ1v) is 7.84. The fourth-order valence-electron chi connectivity index (χ4n) is 2.51. The minimum Gasteiger partial charge on any atom is -0.377 e. The lowest BCUT2D eigenvalue weighted by molar-refractivity contribution is 0.0466. The smallest absolute Gasteiger partial charge is 0.0699 e. The van der Waals surface area contributed by atoms with Gasteiger partial charge in [0, 0.05) is 32.3 Å². The third-order valence-corrected chi connectivity index (χ3v) is 3.86. The van der Waals surface area contributed by atoms with Gasteiger partial charge in [-0.1, -0.05) is 26.7 Å². The highest BCUT2D eigenvalue weighted by Crippen LogP contribution is 2.11. The number of ether oxygens (including phenoxy) is 1. The summed E-state index contributed by atoms with van der Waals surface area (Å²) in [6.45, 7) is 12.3. The van der Waals surface area contributed by atoms with E-state index < -0.39 is 0 Å². The van der Waals surface area contributed by atoms with E-state index in [0.29, 0.717) is 12.1 Å². The number of hydrogen-bond donors (Lipinski definition) is 1. The lowest BCUT2D eigenvalue weighted by Gasteiger charge is -2.29. The Kier molecular flexibility index (Phi) is 8.64. The SMILES string of the molecule is CCCCCNCC(C)N1CCCOC(CC)C1. The minimum absolute atomic E-state index is 0.440. The zero-order valence-electron chi connectivity index (χ0n) is 12.6. The Bertz CT molecular complexity index is 199. The number of nitrogens with one attached hydrogen (secondary N) is 1. The molecule has 0 saturated carbocycles. The van der Waals surface area contributed by atoms with Crippen LogP contribution in [0.5, 0.6) is 0 Å². The van der Waals surface area contributed by atoms with Crippen LogP contribution in [0, 0.1) is 0 Å². The summed E-state index contributed by atoms with van der Waals surface area (Å²) >= 11 is 0. The lowest BCUT2D eigenvalue weighted by Crippen LogP contribution is -2.43. The maximum atomic E-state index is 5.83. The molecular formula is C15H32N2O. The molecule has 0 aromatic heterocycles. The average Bonchev–Trinajstić information content (AvgIpc) is 2.63. The second kappa shape index (κ2) is 9.76. The molecule has 2 atom stereocenters. The molecule has 0 bridgehead atoms. The number of hydrogen-bond acceptors (Lipinski definition) is 3. The topological polar surface area (TPSA) is 24.5 Å². The quantitative estimate of drug-likeness (QED) is 0.676. The van der Waals surface area contributed by atoms with Crippen molar-refractivity contribution in [2.75, 3.05) is 32.8 Å². The normalized spacial score (nSPS) is 23.8. The van der Waals surface area contributed by atoms with E-state index in [9.17, 15) is 0 Å². The van der Waals surface area contributed by atoms with E-state index >= 15 is 0 Å². The summed E-state index contributed by atoms with van der Waals surface area (Å²) < 4.78 is 5.83. The minimum atomic E-state index is 0.440. The molecule has 108 valence electrons. The monoisotopic (exact) mass is 256 g/mol. The molecule has 1 saturated heterocycles. The zero-order chi connectivity index (χ0) is 13.2. The van der Waals surface area contributed by atoms with Crippen molar-refractivity contribution in [1.82, 2.24) is 10.2 Å². The van der Waals surface area contributed by atoms with Crippen LogP contribution in [-0.4, -0.2) is 49.8 Å². The van der Waals surface area contributed by atoms with Gasteiger partial charge in [-0.05, 0) is 32.7 Å². The van der Waals surface area contributed by atoms with Crippen molar-refractivity contribution < 1.29 is 4.74 Å². The van der Waals surface area contributed by atoms with Gasteiger partial charge >= 0.3 is 0 Å². The zero-order valence-corrected chi connectivity index (χ0v) is 12.6. The summed E-state index contributed by atoms with van der Waals surface area (Å²) in [4.78, 5) is 2.59. The fraction of sp³-hybridized carbons (Fsp3) is 1.00. The van der Waals surface area contributed by atoms with Gasteiger partial charge in [-0.2, -0.15) is 0 Å². The summed E-state index contributed by atoms with van der Waals surface area (Å²) in [5, 5.41) is 3.59. The summed E-state index contributed by atoms with van der Waals surface area (Å²) in [5.74, 6) is 0. The van der Waals surface area contributed by atoms with Crippen LogP contribution in [0.4, 0.5) is 0 Å². The largest absolute Gasteiger partial charge is 0.377 e. The van der Waals surface area contributed by atoms with Gasteiger partial charge in [-0.25, -0.2) is 0 Å². The molecule has 0 radical (unpaired) electrons. The molecule has 1 rings (SSSR count). The van der Waals surface area contributed by atoms with Gasteiger partial charge < -0.3 is 10.1 Å². The van der Waals surface area contributed by atoms with Crippen molar-refractivity contribution >= 4 is 0 Å². The van der Waals surface area contributed by atoms with Crippen molar-refractivity contribution in [3.8, 4) is 0 Å². The first-order valence-electron chi connectivity index (χ1n) is 7.84. The molecule has 1 fully saturated rings. The second-order valence-corrected chi connectivity index (χ2v) is 5.51. The highest BCUT2D eigenvalue weighted by Gasteiger charge is 2.20. The Hall–Kier alpha value is -0.120. The Morgan fingerprint density at radius 3 is 2.89 bits per heavy atom. The van der Waals surface area contributed by atoms with Crippen molar-refractivity contribution in [2.45, 2.75) is 65.0 Å². The van der Waals surface area contributed by atoms with Crippen LogP contribution in [0.1, 0.15) is 52.9 Å². The van der Waals surface area contributed by atoms with E-state index in [1.807, 2.05) is 0 Å². The molecule has 0 amide bonds. The van der Waals surface area contributed by atoms with Gasteiger partial charge in [0.05, 0.1) is 6.10 Å². The summed E-state index contributed by atoms with van der Waals surface area (Å²) in [6.07, 6.45) is 6.71. The highest BCUT2D eigenvalue weighted by atomic mass is 16.5. The van der Waals surface area contributed by atoms with Gasteiger partial charge in [0.15, 0.2) is 0 Å². The Balaban J connectivity index is 2.19. The molecule has 18 heavy (non-hydrogen) atoms. The molecule has 1 aliphatic rings. The molecule has 1 aliphatic heterocycles. The second-order valence-electron chi connectivity index (χ2n) is 5.51. The van der Waals surface area contributed by atoms with Gasteiger partial charge in [-0.15, -0.1) is 0 Å². The van der Waals surface area contributed by atoms with Crippen LogP contribution < -0.4 is 5.32 Å². The molecule has 1 heterocycles. The lowest BCUT2D eigenvalue weighted by atomic mass is 10.2. The first-order chi connectivity index (χ1) is 8.77. The van der Waals surface area contributed by atoms with Crippen molar-refractivity contribution in [3.05, 3.63) is 0 Å². The molecule has 3 heteroatoms. The maximum Gasteiger partial charge on any atom is 0.0699 e. The summed E-state index contributed by atoms with van der Waals surface area (Å²) in [6, 6.07) is 0.627. The van der Waals surface area contributed by atoms with E-state index in [0.717, 1.165) is 26.1 Å². The molecule has 0 aromatic rings. The Labute approximate surface area is 113 Å². The van der Waals surface area contributed by atoms with Crippen LogP contribution in [-0.2, 0) is 4.74 Å². The third-order valence-electron chi connectivity index (χ3n) is 3.86. The predicted octanol–water partition coefficient (Wildman–Crippen LogP) is 2.66. The van der Waals surface area contributed by atoms with E-state index in [-0.39, 0.29) is 0 Å². The highest BCUT2D eigenvalue weighted by molar-refractivity contribution is 4.75. The third kappa shape index (κ3) is 6.17. The van der Waals surface area contributed by atoms with Crippen LogP contribution >= 0.6 is 0 Å². The molecule has 2 unspecified atom stereocenters. The summed E-state index contributed by atoms with van der Waals surface area (Å²) in [7, 11) is 0. The molecule has 0 spiro atoms. The Morgan fingerprint density at radius 1 is 1.33 bits per heavy atom. The molecular weight excluding hydrogens is 224 g/mol. The number of nitrogens with zero attached hydrogens (tertiary/aromatic N) is 1. The Morgan fingerprint density at radius 2 is 2.17 bits per heavy atom. The molecule has 3 nitrogen and oxygen atoms in total. The van der Waals surface area contributed by atoms with E-state index in [1.54, 1.807) is 0 Å². The van der Waals surface area contributed by atoms with Gasteiger partial charge in [-0.3, -0.25) is 4.90 Å². The first kappa shape index (κ1) is 15.9. The molecule has 0 aliphatic carbocycles. The number of rotatable bonds is 8. The van der Waals surface area contributed by atoms with Gasteiger partial charge in [0.1, 0.15) is 0 Å². The van der Waals surface area contributed by atoms with Gasteiger partial charge in [0.2, 0.25) is 0 Å². The van der Waals surface area contributed by atoms with Crippen LogP contribution in [0.2, 0.25) is 0 Å². The van der Waals surface area contributed by atoms with Crippen molar-refractivity contribution in [1.29, 1.82) is 0 Å². The molecule has 0 aromatic carbocycles. The number of unbranched alkanes of at least 4 members (excludes halogenated alkanes) is 2. The predicted molar refractivity (Wildman–Crippen MR) is 78.1 cm³/mol. The van der Waals surface area contributed by atoms with Crippen LogP contribution in [0.15, 0.2) is 0 Å². The van der Waals surface area contributed by atoms with Crippen LogP contribution in [0.25, 0.3) is 0 Å². The van der Waals surface area contributed by atoms with Crippen molar-refractivity contribution in [3.63, 3.8) is 0 Å².